The van der Waals surface area contributed by atoms with Gasteiger partial charge in [-0.05, 0) is 24.0 Å². The topological polar surface area (TPSA) is 216 Å². The van der Waals surface area contributed by atoms with Crippen LogP contribution in [-0.4, -0.2) is 88.8 Å². The molecule has 0 unspecified atom stereocenters. The molecule has 0 saturated carbocycles. The first-order chi connectivity index (χ1) is 24.7. The molecule has 3 heterocycles. The van der Waals surface area contributed by atoms with Gasteiger partial charge < -0.3 is 40.3 Å². The number of aliphatic hydroxyl groups excluding tert-OH is 1. The highest BCUT2D eigenvalue weighted by molar-refractivity contribution is 6.11. The molecule has 1 aliphatic heterocycles. The Morgan fingerprint density at radius 3 is 2.18 bits per heavy atom. The third kappa shape index (κ3) is 9.36. The molecule has 51 heavy (non-hydrogen) atoms. The third-order valence-electron chi connectivity index (χ3n) is 8.24. The fourth-order valence-electron chi connectivity index (χ4n) is 5.73. The van der Waals surface area contributed by atoms with Crippen LogP contribution in [0.5, 0.6) is 0 Å². The maximum absolute atomic E-state index is 13.9. The first-order valence-corrected chi connectivity index (χ1v) is 16.2. The van der Waals surface area contributed by atoms with Crippen molar-refractivity contribution in [3.63, 3.8) is 0 Å². The van der Waals surface area contributed by atoms with Gasteiger partial charge in [-0.25, -0.2) is 14.4 Å². The summed E-state index contributed by atoms with van der Waals surface area (Å²) in [5.41, 5.74) is 1.36. The molecule has 3 atom stereocenters. The van der Waals surface area contributed by atoms with Gasteiger partial charge in [-0.2, -0.15) is 0 Å². The number of furan rings is 1. The zero-order valence-corrected chi connectivity index (χ0v) is 28.1. The number of methoxy groups -OCH3 is 2. The number of carbonyl (C=O) groups excluding carboxylic acids is 5. The van der Waals surface area contributed by atoms with Gasteiger partial charge in [0.2, 0.25) is 11.7 Å². The molecule has 0 fully saturated rings. The van der Waals surface area contributed by atoms with Crippen molar-refractivity contribution in [2.24, 2.45) is 0 Å². The number of hydrogen-bond donors (Lipinski definition) is 5. The molecule has 0 radical (unpaired) electrons. The molecule has 0 aliphatic carbocycles. The zero-order chi connectivity index (χ0) is 36.3. The number of aryl methyl sites for hydroxylation is 1. The van der Waals surface area contributed by atoms with Crippen LogP contribution in [0.1, 0.15) is 60.3 Å². The van der Waals surface area contributed by atoms with Gasteiger partial charge in [-0.3, -0.25) is 14.3 Å². The number of esters is 2. The average molecular weight is 702 g/mol. The number of fused-ring (bicyclic) bond motifs is 4. The molecule has 0 saturated heterocycles. The molecular weight excluding hydrogens is 662 g/mol. The predicted molar refractivity (Wildman–Crippen MR) is 179 cm³/mol. The maximum atomic E-state index is 13.9. The van der Waals surface area contributed by atoms with Crippen molar-refractivity contribution in [2.75, 3.05) is 20.8 Å². The van der Waals surface area contributed by atoms with E-state index in [-0.39, 0.29) is 43.7 Å². The highest BCUT2D eigenvalue weighted by Gasteiger charge is 2.35. The minimum Gasteiger partial charge on any atom is -0.465 e. The fraction of sp³-hybridized carbons (Fsp3) is 0.343. The van der Waals surface area contributed by atoms with E-state index in [4.69, 9.17) is 13.9 Å². The number of carbonyl (C=O) groups is 5. The number of nitrogens with one attached hydrogen (secondary N) is 4. The maximum Gasteiger partial charge on any atom is 0.342 e. The Morgan fingerprint density at radius 2 is 1.53 bits per heavy atom. The molecule has 5 N–H and O–H groups in total. The van der Waals surface area contributed by atoms with E-state index in [9.17, 15) is 29.1 Å². The number of aliphatic hydroxyl groups is 1. The Labute approximate surface area is 292 Å². The van der Waals surface area contributed by atoms with E-state index in [1.807, 2.05) is 60.7 Å². The Balaban J connectivity index is 1.53. The van der Waals surface area contributed by atoms with E-state index in [1.165, 1.54) is 4.68 Å². The number of ether oxygens (including phenoxy) is 2. The summed E-state index contributed by atoms with van der Waals surface area (Å²) >= 11 is 0. The largest absolute Gasteiger partial charge is 0.465 e. The van der Waals surface area contributed by atoms with Crippen LogP contribution in [0, 0.1) is 0 Å². The molecule has 2 aromatic heterocycles. The summed E-state index contributed by atoms with van der Waals surface area (Å²) in [6.07, 6.45) is 2.01. The van der Waals surface area contributed by atoms with Gasteiger partial charge in [0, 0.05) is 12.8 Å². The highest BCUT2D eigenvalue weighted by atomic mass is 16.5. The van der Waals surface area contributed by atoms with Crippen LogP contribution in [0.3, 0.4) is 0 Å². The molecular formula is C35H39N7O9. The van der Waals surface area contributed by atoms with Gasteiger partial charge in [0.05, 0.1) is 52.2 Å². The number of hydrogen-bond acceptors (Lipinski definition) is 11. The minimum absolute atomic E-state index is 0.00139. The monoisotopic (exact) mass is 701 g/mol. The van der Waals surface area contributed by atoms with Crippen molar-refractivity contribution >= 4 is 29.8 Å². The molecule has 4 aromatic rings. The lowest BCUT2D eigenvalue weighted by Gasteiger charge is -2.21. The number of amides is 4. The van der Waals surface area contributed by atoms with Crippen LogP contribution < -0.4 is 21.3 Å². The molecule has 268 valence electrons. The van der Waals surface area contributed by atoms with Gasteiger partial charge in [0.15, 0.2) is 0 Å². The molecule has 4 bridgehead atoms. The van der Waals surface area contributed by atoms with Crippen LogP contribution >= 0.6 is 0 Å². The van der Waals surface area contributed by atoms with Gasteiger partial charge in [-0.1, -0.05) is 65.9 Å². The Morgan fingerprint density at radius 1 is 0.882 bits per heavy atom. The van der Waals surface area contributed by atoms with Crippen molar-refractivity contribution < 1.29 is 43.0 Å². The van der Waals surface area contributed by atoms with Crippen LogP contribution in [0.4, 0.5) is 4.79 Å². The average Bonchev–Trinajstić information content (AvgIpc) is 3.76. The quantitative estimate of drug-likeness (QED) is 0.173. The molecule has 1 aliphatic rings. The predicted octanol–water partition coefficient (Wildman–Crippen LogP) is 1.32. The summed E-state index contributed by atoms with van der Waals surface area (Å²) in [7, 11) is 2.21. The summed E-state index contributed by atoms with van der Waals surface area (Å²) in [5.74, 6) is -3.81. The number of nitrogens with zero attached hydrogens (tertiary/aromatic N) is 3. The molecule has 16 nitrogen and oxygen atoms in total. The lowest BCUT2D eigenvalue weighted by Crippen LogP contribution is -2.53. The standard InChI is InChI=1S/C35H39N7O9/c1-49-33(46)28-27-14-13-23(20-43)38-35(48)39-26(16-22-11-7-4-8-12-22)31(44)36-17-25-19-42(41-40-25)18-24(15-21-9-5-3-6-10-21)37-32(45)30(51-27)29(28)34(47)50-2/h3-12,19,23-24,26,43H,13-18,20H2,1-2H3,(H,36,44)(H,37,45)(H2,38,39,48)/t23-,24+,26-/m1/s1. The Kier molecular flexibility index (Phi) is 12.1. The van der Waals surface area contributed by atoms with E-state index in [0.29, 0.717) is 12.1 Å². The summed E-state index contributed by atoms with van der Waals surface area (Å²) in [5, 5.41) is 29.5. The Hall–Kier alpha value is -6.03. The fourth-order valence-corrected chi connectivity index (χ4v) is 5.73. The minimum atomic E-state index is -1.01. The van der Waals surface area contributed by atoms with E-state index < -0.39 is 65.8 Å². The smallest absolute Gasteiger partial charge is 0.342 e. The lowest BCUT2D eigenvalue weighted by atomic mass is 10.0. The van der Waals surface area contributed by atoms with Crippen LogP contribution in [0.25, 0.3) is 0 Å². The van der Waals surface area contributed by atoms with Gasteiger partial charge in [0.25, 0.3) is 5.91 Å². The molecule has 0 spiro atoms. The van der Waals surface area contributed by atoms with E-state index >= 15 is 0 Å². The number of rotatable bonds is 7. The van der Waals surface area contributed by atoms with Crippen molar-refractivity contribution in [1.82, 2.24) is 36.3 Å². The first-order valence-electron chi connectivity index (χ1n) is 16.2. The summed E-state index contributed by atoms with van der Waals surface area (Å²) in [6, 6.07) is 15.2. The highest BCUT2D eigenvalue weighted by Crippen LogP contribution is 2.27. The summed E-state index contributed by atoms with van der Waals surface area (Å²) < 4.78 is 17.3. The van der Waals surface area contributed by atoms with Gasteiger partial charge in [0.1, 0.15) is 28.6 Å². The van der Waals surface area contributed by atoms with Crippen molar-refractivity contribution in [1.29, 1.82) is 0 Å². The van der Waals surface area contributed by atoms with Crippen molar-refractivity contribution in [3.05, 3.63) is 106 Å². The third-order valence-corrected chi connectivity index (χ3v) is 8.24. The first kappa shape index (κ1) is 36.3. The van der Waals surface area contributed by atoms with Crippen LogP contribution in [-0.2, 0) is 46.6 Å². The molecule has 5 rings (SSSR count). The molecule has 2 aromatic carbocycles. The summed E-state index contributed by atoms with van der Waals surface area (Å²) in [6.45, 7) is -0.398. The second-order valence-corrected chi connectivity index (χ2v) is 11.9. The van der Waals surface area contributed by atoms with Crippen LogP contribution in [0.2, 0.25) is 0 Å². The van der Waals surface area contributed by atoms with E-state index in [2.05, 4.69) is 31.6 Å². The van der Waals surface area contributed by atoms with E-state index in [0.717, 1.165) is 25.3 Å². The zero-order valence-electron chi connectivity index (χ0n) is 28.1. The van der Waals surface area contributed by atoms with Crippen LogP contribution in [0.15, 0.2) is 71.3 Å². The number of benzene rings is 2. The van der Waals surface area contributed by atoms with Crippen molar-refractivity contribution in [2.45, 2.75) is 56.9 Å². The number of urea groups is 1. The van der Waals surface area contributed by atoms with Gasteiger partial charge >= 0.3 is 18.0 Å². The Bertz CT molecular complexity index is 1840. The van der Waals surface area contributed by atoms with E-state index in [1.54, 1.807) is 6.20 Å². The summed E-state index contributed by atoms with van der Waals surface area (Å²) in [4.78, 5) is 66.6. The molecule has 16 heteroatoms. The lowest BCUT2D eigenvalue weighted by molar-refractivity contribution is -0.123. The number of aromatic nitrogens is 3. The SMILES string of the molecule is COC(=O)c1c2oc(c1C(=O)OC)C(=O)N[C@@H](Cc1ccccc1)Cn1cc(nn1)CNC(=O)[C@@H](Cc1ccccc1)NC(=O)N[C@@H](CO)CC2. The second-order valence-electron chi connectivity index (χ2n) is 11.9. The molecule has 4 amide bonds. The van der Waals surface area contributed by atoms with Crippen molar-refractivity contribution in [3.8, 4) is 0 Å². The second kappa shape index (κ2) is 17.1. The normalized spacial score (nSPS) is 18.7. The van der Waals surface area contributed by atoms with Gasteiger partial charge in [-0.15, -0.1) is 5.10 Å².